The number of fused-ring (bicyclic) bond motifs is 3. The van der Waals surface area contributed by atoms with Gasteiger partial charge in [-0.2, -0.15) is 0 Å². The Hall–Kier alpha value is -2.00. The van der Waals surface area contributed by atoms with Gasteiger partial charge < -0.3 is 9.72 Å². The molecule has 0 bridgehead atoms. The number of carbonyl (C=O) groups is 1. The molecule has 3 nitrogen and oxygen atoms in total. The molecule has 0 fully saturated rings. The molecule has 0 amide bonds. The van der Waals surface area contributed by atoms with Gasteiger partial charge in [-0.3, -0.25) is 0 Å². The molecule has 0 aliphatic carbocycles. The maximum atomic E-state index is 11.5. The summed E-state index contributed by atoms with van der Waals surface area (Å²) in [6.45, 7) is 0. The Kier molecular flexibility index (Phi) is 2.49. The highest BCUT2D eigenvalue weighted by Crippen LogP contribution is 2.30. The van der Waals surface area contributed by atoms with Crippen molar-refractivity contribution in [1.29, 1.82) is 0 Å². The number of H-pyrrole nitrogens is 1. The van der Waals surface area contributed by atoms with Crippen molar-refractivity contribution in [3.63, 3.8) is 0 Å². The summed E-state index contributed by atoms with van der Waals surface area (Å²) in [5, 5.41) is 2.76. The third-order valence-electron chi connectivity index (χ3n) is 3.00. The zero-order valence-electron chi connectivity index (χ0n) is 9.66. The molecule has 0 saturated heterocycles. The van der Waals surface area contributed by atoms with Crippen LogP contribution in [0, 0.1) is 0 Å². The van der Waals surface area contributed by atoms with E-state index in [2.05, 4.69) is 4.98 Å². The van der Waals surface area contributed by atoms with Crippen LogP contribution in [0.15, 0.2) is 36.4 Å². The predicted molar refractivity (Wildman–Crippen MR) is 72.2 cm³/mol. The lowest BCUT2D eigenvalue weighted by Gasteiger charge is -1.98. The second kappa shape index (κ2) is 4.03. The number of aromatic amines is 1. The van der Waals surface area contributed by atoms with E-state index in [0.717, 1.165) is 21.8 Å². The fraction of sp³-hybridized carbons (Fsp3) is 0.0714. The SMILES string of the molecule is COC(=O)c1ccc2c(c1)[nH]c1c(Cl)cccc12. The van der Waals surface area contributed by atoms with Gasteiger partial charge >= 0.3 is 5.97 Å². The molecule has 2 aromatic carbocycles. The van der Waals surface area contributed by atoms with E-state index in [1.54, 1.807) is 12.1 Å². The van der Waals surface area contributed by atoms with Crippen LogP contribution in [0.2, 0.25) is 5.02 Å². The lowest BCUT2D eigenvalue weighted by atomic mass is 10.1. The number of hydrogen-bond donors (Lipinski definition) is 1. The van der Waals surface area contributed by atoms with Crippen molar-refractivity contribution in [2.45, 2.75) is 0 Å². The minimum Gasteiger partial charge on any atom is -0.465 e. The van der Waals surface area contributed by atoms with E-state index >= 15 is 0 Å². The van der Waals surface area contributed by atoms with Gasteiger partial charge in [0, 0.05) is 16.3 Å². The monoisotopic (exact) mass is 259 g/mol. The molecule has 0 aliphatic rings. The summed E-state index contributed by atoms with van der Waals surface area (Å²) in [4.78, 5) is 14.7. The molecule has 1 N–H and O–H groups in total. The molecular weight excluding hydrogens is 250 g/mol. The van der Waals surface area contributed by atoms with Gasteiger partial charge in [0.1, 0.15) is 0 Å². The lowest BCUT2D eigenvalue weighted by molar-refractivity contribution is 0.0601. The van der Waals surface area contributed by atoms with Crippen LogP contribution in [0.3, 0.4) is 0 Å². The standard InChI is InChI=1S/C14H10ClNO2/c1-18-14(17)8-5-6-9-10-3-2-4-11(15)13(10)16-12(9)7-8/h2-7,16H,1H3. The number of benzene rings is 2. The van der Waals surface area contributed by atoms with Crippen LogP contribution in [-0.4, -0.2) is 18.1 Å². The van der Waals surface area contributed by atoms with E-state index in [4.69, 9.17) is 16.3 Å². The van der Waals surface area contributed by atoms with Gasteiger partial charge in [-0.15, -0.1) is 0 Å². The third kappa shape index (κ3) is 1.56. The summed E-state index contributed by atoms with van der Waals surface area (Å²) < 4.78 is 4.70. The molecule has 3 rings (SSSR count). The van der Waals surface area contributed by atoms with Crippen LogP contribution < -0.4 is 0 Å². The Balaban J connectivity index is 2.33. The Bertz CT molecular complexity index is 761. The molecule has 0 saturated carbocycles. The highest BCUT2D eigenvalue weighted by Gasteiger charge is 2.10. The second-order valence-corrected chi connectivity index (χ2v) is 4.45. The molecule has 3 aromatic rings. The molecule has 18 heavy (non-hydrogen) atoms. The third-order valence-corrected chi connectivity index (χ3v) is 3.32. The largest absolute Gasteiger partial charge is 0.465 e. The van der Waals surface area contributed by atoms with E-state index in [1.165, 1.54) is 7.11 Å². The number of nitrogens with one attached hydrogen (secondary N) is 1. The van der Waals surface area contributed by atoms with Crippen molar-refractivity contribution in [3.8, 4) is 0 Å². The number of hydrogen-bond acceptors (Lipinski definition) is 2. The van der Waals surface area contributed by atoms with Crippen molar-refractivity contribution < 1.29 is 9.53 Å². The van der Waals surface area contributed by atoms with Crippen molar-refractivity contribution in [3.05, 3.63) is 47.0 Å². The Morgan fingerprint density at radius 2 is 2.06 bits per heavy atom. The van der Waals surface area contributed by atoms with Gasteiger partial charge in [0.15, 0.2) is 0 Å². The Labute approximate surface area is 108 Å². The van der Waals surface area contributed by atoms with Gasteiger partial charge in [-0.25, -0.2) is 4.79 Å². The fourth-order valence-electron chi connectivity index (χ4n) is 2.14. The van der Waals surface area contributed by atoms with Crippen LogP contribution in [0.5, 0.6) is 0 Å². The number of rotatable bonds is 1. The number of para-hydroxylation sites is 1. The first-order chi connectivity index (χ1) is 8.70. The van der Waals surface area contributed by atoms with Crippen LogP contribution in [0.25, 0.3) is 21.8 Å². The number of esters is 1. The normalized spacial score (nSPS) is 11.0. The summed E-state index contributed by atoms with van der Waals surface area (Å²) in [5.74, 6) is -0.346. The number of methoxy groups -OCH3 is 1. The minimum atomic E-state index is -0.346. The summed E-state index contributed by atoms with van der Waals surface area (Å²) >= 11 is 6.14. The molecule has 0 atom stereocenters. The van der Waals surface area contributed by atoms with Crippen molar-refractivity contribution in [2.75, 3.05) is 7.11 Å². The Morgan fingerprint density at radius 1 is 1.22 bits per heavy atom. The molecule has 1 heterocycles. The smallest absolute Gasteiger partial charge is 0.337 e. The molecule has 0 spiro atoms. The molecule has 90 valence electrons. The molecule has 4 heteroatoms. The average molecular weight is 260 g/mol. The van der Waals surface area contributed by atoms with Gasteiger partial charge in [-0.05, 0) is 18.2 Å². The van der Waals surface area contributed by atoms with Gasteiger partial charge in [0.2, 0.25) is 0 Å². The van der Waals surface area contributed by atoms with Gasteiger partial charge in [-0.1, -0.05) is 29.8 Å². The maximum Gasteiger partial charge on any atom is 0.337 e. The van der Waals surface area contributed by atoms with Crippen LogP contribution in [-0.2, 0) is 4.74 Å². The first-order valence-corrected chi connectivity index (χ1v) is 5.87. The van der Waals surface area contributed by atoms with Crippen LogP contribution >= 0.6 is 11.6 Å². The van der Waals surface area contributed by atoms with Gasteiger partial charge in [0.25, 0.3) is 0 Å². The number of halogens is 1. The summed E-state index contributed by atoms with van der Waals surface area (Å²) in [6.07, 6.45) is 0. The van der Waals surface area contributed by atoms with E-state index < -0.39 is 0 Å². The second-order valence-electron chi connectivity index (χ2n) is 4.04. The molecular formula is C14H10ClNO2. The summed E-state index contributed by atoms with van der Waals surface area (Å²) in [6, 6.07) is 11.2. The summed E-state index contributed by atoms with van der Waals surface area (Å²) in [7, 11) is 1.37. The van der Waals surface area contributed by atoms with Crippen molar-refractivity contribution >= 4 is 39.4 Å². The Morgan fingerprint density at radius 3 is 2.83 bits per heavy atom. The van der Waals surface area contributed by atoms with E-state index in [1.807, 2.05) is 24.3 Å². The highest BCUT2D eigenvalue weighted by atomic mass is 35.5. The minimum absolute atomic E-state index is 0.346. The molecule has 0 aliphatic heterocycles. The van der Waals surface area contributed by atoms with Crippen LogP contribution in [0.4, 0.5) is 0 Å². The van der Waals surface area contributed by atoms with Gasteiger partial charge in [0.05, 0.1) is 23.2 Å². The molecule has 1 aromatic heterocycles. The van der Waals surface area contributed by atoms with E-state index in [9.17, 15) is 4.79 Å². The highest BCUT2D eigenvalue weighted by molar-refractivity contribution is 6.36. The number of carbonyl (C=O) groups excluding carboxylic acids is 1. The summed E-state index contributed by atoms with van der Waals surface area (Å²) in [5.41, 5.74) is 2.28. The average Bonchev–Trinajstić information content (AvgIpc) is 2.77. The maximum absolute atomic E-state index is 11.5. The zero-order chi connectivity index (χ0) is 12.7. The first-order valence-electron chi connectivity index (χ1n) is 5.49. The van der Waals surface area contributed by atoms with E-state index in [-0.39, 0.29) is 5.97 Å². The molecule has 0 radical (unpaired) electrons. The number of aromatic nitrogens is 1. The van der Waals surface area contributed by atoms with Crippen molar-refractivity contribution in [1.82, 2.24) is 4.98 Å². The first kappa shape index (κ1) is 11.1. The molecule has 0 unspecified atom stereocenters. The van der Waals surface area contributed by atoms with E-state index in [0.29, 0.717) is 10.6 Å². The van der Waals surface area contributed by atoms with Crippen LogP contribution in [0.1, 0.15) is 10.4 Å². The predicted octanol–water partition coefficient (Wildman–Crippen LogP) is 3.76. The lowest BCUT2D eigenvalue weighted by Crippen LogP contribution is -2.00. The number of ether oxygens (including phenoxy) is 1. The quantitative estimate of drug-likeness (QED) is 0.676. The fourth-order valence-corrected chi connectivity index (χ4v) is 2.36. The topological polar surface area (TPSA) is 42.1 Å². The van der Waals surface area contributed by atoms with Crippen molar-refractivity contribution in [2.24, 2.45) is 0 Å². The zero-order valence-corrected chi connectivity index (χ0v) is 10.4.